The second kappa shape index (κ2) is 12.4. The first-order chi connectivity index (χ1) is 18.0. The summed E-state index contributed by atoms with van der Waals surface area (Å²) in [5, 5.41) is 5.91. The summed E-state index contributed by atoms with van der Waals surface area (Å²) >= 11 is 1.61. The molecule has 202 valence electrons. The van der Waals surface area contributed by atoms with Gasteiger partial charge in [0.2, 0.25) is 18.2 Å². The Bertz CT molecular complexity index is 1320. The maximum atomic E-state index is 14.1. The molecule has 0 aliphatic carbocycles. The van der Waals surface area contributed by atoms with Crippen molar-refractivity contribution in [2.24, 2.45) is 5.73 Å². The fourth-order valence-corrected chi connectivity index (χ4v) is 5.66. The Morgan fingerprint density at radius 3 is 2.37 bits per heavy atom. The minimum absolute atomic E-state index is 0.278. The Morgan fingerprint density at radius 1 is 1.08 bits per heavy atom. The van der Waals surface area contributed by atoms with Gasteiger partial charge in [-0.1, -0.05) is 48.5 Å². The molecule has 3 N–H and O–H groups in total. The van der Waals surface area contributed by atoms with Gasteiger partial charge in [0.25, 0.3) is 0 Å². The largest absolute Gasteiger partial charge is 0.338 e. The molecule has 0 aliphatic rings. The number of nitrogens with zero attached hydrogens (tertiary/aromatic N) is 2. The normalized spacial score (nSPS) is 13.6. The van der Waals surface area contributed by atoms with Crippen molar-refractivity contribution in [3.63, 3.8) is 0 Å². The number of carbonyl (C=O) groups is 3. The van der Waals surface area contributed by atoms with E-state index < -0.39 is 17.7 Å². The summed E-state index contributed by atoms with van der Waals surface area (Å²) in [6.45, 7) is 7.25. The van der Waals surface area contributed by atoms with Crippen LogP contribution in [-0.2, 0) is 20.8 Å². The summed E-state index contributed by atoms with van der Waals surface area (Å²) in [5.74, 6) is -0.613. The van der Waals surface area contributed by atoms with E-state index in [4.69, 9.17) is 5.73 Å². The predicted molar refractivity (Wildman–Crippen MR) is 156 cm³/mol. The molecular formula is C30H38N4O3S. The number of allylic oxidation sites excluding steroid dienone is 1. The van der Waals surface area contributed by atoms with Gasteiger partial charge in [0, 0.05) is 31.6 Å². The van der Waals surface area contributed by atoms with Crippen LogP contribution < -0.4 is 11.1 Å². The van der Waals surface area contributed by atoms with Crippen LogP contribution in [0.1, 0.15) is 43.9 Å². The smallest absolute Gasteiger partial charge is 0.247 e. The third-order valence-corrected chi connectivity index (χ3v) is 7.94. The lowest BCUT2D eigenvalue weighted by Crippen LogP contribution is -2.59. The van der Waals surface area contributed by atoms with E-state index in [-0.39, 0.29) is 11.8 Å². The molecular weight excluding hydrogens is 496 g/mol. The van der Waals surface area contributed by atoms with Gasteiger partial charge in [-0.05, 0) is 66.8 Å². The van der Waals surface area contributed by atoms with E-state index in [1.807, 2.05) is 73.8 Å². The zero-order valence-corrected chi connectivity index (χ0v) is 23.8. The lowest BCUT2D eigenvalue weighted by molar-refractivity contribution is -0.147. The maximum Gasteiger partial charge on any atom is 0.247 e. The highest BCUT2D eigenvalue weighted by Gasteiger charge is 2.37. The second-order valence-electron chi connectivity index (χ2n) is 10.2. The molecule has 3 amide bonds. The zero-order chi connectivity index (χ0) is 28.0. The topological polar surface area (TPSA) is 95.7 Å². The number of carbonyl (C=O) groups excluding carboxylic acids is 3. The quantitative estimate of drug-likeness (QED) is 0.283. The molecule has 0 saturated heterocycles. The maximum absolute atomic E-state index is 14.1. The van der Waals surface area contributed by atoms with E-state index in [1.54, 1.807) is 39.3 Å². The van der Waals surface area contributed by atoms with Crippen molar-refractivity contribution in [2.45, 2.75) is 58.3 Å². The summed E-state index contributed by atoms with van der Waals surface area (Å²) in [6, 6.07) is 15.2. The third kappa shape index (κ3) is 6.49. The van der Waals surface area contributed by atoms with Gasteiger partial charge in [0.1, 0.15) is 12.2 Å². The van der Waals surface area contributed by atoms with Gasteiger partial charge in [-0.3, -0.25) is 14.4 Å². The van der Waals surface area contributed by atoms with Crippen molar-refractivity contribution in [1.29, 1.82) is 0 Å². The second-order valence-corrected chi connectivity index (χ2v) is 11.1. The van der Waals surface area contributed by atoms with Crippen LogP contribution >= 0.6 is 11.3 Å². The number of hydrogen-bond donors (Lipinski definition) is 2. The number of fused-ring (bicyclic) bond motifs is 1. The first-order valence-corrected chi connectivity index (χ1v) is 13.6. The lowest BCUT2D eigenvalue weighted by atomic mass is 9.96. The van der Waals surface area contributed by atoms with Crippen LogP contribution in [0.2, 0.25) is 0 Å². The fraction of sp³-hybridized carbons (Fsp3) is 0.367. The molecule has 0 bridgehead atoms. The number of rotatable bonds is 11. The van der Waals surface area contributed by atoms with E-state index in [2.05, 4.69) is 5.32 Å². The number of benzene rings is 2. The highest BCUT2D eigenvalue weighted by Crippen LogP contribution is 2.29. The number of nitrogens with one attached hydrogen (secondary N) is 1. The van der Waals surface area contributed by atoms with Crippen molar-refractivity contribution in [2.75, 3.05) is 14.1 Å². The molecule has 1 heterocycles. The van der Waals surface area contributed by atoms with Crippen LogP contribution in [-0.4, -0.2) is 59.9 Å². The molecule has 8 heteroatoms. The average molecular weight is 535 g/mol. The third-order valence-electron chi connectivity index (χ3n) is 6.93. The van der Waals surface area contributed by atoms with Gasteiger partial charge in [0.05, 0.1) is 5.54 Å². The summed E-state index contributed by atoms with van der Waals surface area (Å²) in [4.78, 5) is 41.9. The molecule has 0 fully saturated rings. The molecule has 0 unspecified atom stereocenters. The van der Waals surface area contributed by atoms with Gasteiger partial charge < -0.3 is 20.9 Å². The van der Waals surface area contributed by atoms with Gasteiger partial charge >= 0.3 is 0 Å². The number of hydrogen-bond acceptors (Lipinski definition) is 5. The van der Waals surface area contributed by atoms with Crippen LogP contribution in [0.25, 0.3) is 15.7 Å². The zero-order valence-electron chi connectivity index (χ0n) is 23.0. The van der Waals surface area contributed by atoms with E-state index in [9.17, 15) is 14.4 Å². The molecule has 7 nitrogen and oxygen atoms in total. The minimum Gasteiger partial charge on any atom is -0.338 e. The standard InChI is InChI=1S/C30H38N4O3S/c1-7-21(23-13-9-8-12-20(23)2)17-27(32-19-35)34(6)28(36)25(33(5)29(37)30(3,4)31)16-22-18-38-26-15-11-10-14-24(22)26/h7-15,18-19,25,27H,16-17,31H2,1-6H3,(H,32,35)/b21-7-/t25-,27-/m1/s1. The van der Waals surface area contributed by atoms with Crippen molar-refractivity contribution in [3.8, 4) is 0 Å². The van der Waals surface area contributed by atoms with E-state index in [0.717, 1.165) is 32.3 Å². The Labute approximate surface area is 229 Å². The molecule has 0 radical (unpaired) electrons. The number of aryl methyl sites for hydroxylation is 1. The van der Waals surface area contributed by atoms with Crippen molar-refractivity contribution < 1.29 is 14.4 Å². The van der Waals surface area contributed by atoms with Crippen LogP contribution in [0.15, 0.2) is 60.0 Å². The molecule has 3 aromatic rings. The van der Waals surface area contributed by atoms with Gasteiger partial charge in [-0.25, -0.2) is 0 Å². The molecule has 2 aromatic carbocycles. The highest BCUT2D eigenvalue weighted by molar-refractivity contribution is 7.17. The molecule has 1 aromatic heterocycles. The van der Waals surface area contributed by atoms with E-state index in [1.165, 1.54) is 9.80 Å². The van der Waals surface area contributed by atoms with Crippen LogP contribution in [0.3, 0.4) is 0 Å². The Kier molecular flexibility index (Phi) is 9.46. The van der Waals surface area contributed by atoms with Crippen molar-refractivity contribution >= 4 is 45.2 Å². The van der Waals surface area contributed by atoms with Crippen molar-refractivity contribution in [3.05, 3.63) is 76.7 Å². The summed E-state index contributed by atoms with van der Waals surface area (Å²) in [5.41, 5.74) is 9.17. The monoisotopic (exact) mass is 534 g/mol. The van der Waals surface area contributed by atoms with Crippen molar-refractivity contribution in [1.82, 2.24) is 15.1 Å². The summed E-state index contributed by atoms with van der Waals surface area (Å²) in [6.07, 6.45) is 2.74. The highest BCUT2D eigenvalue weighted by atomic mass is 32.1. The number of nitrogens with two attached hydrogens (primary N) is 1. The Hall–Kier alpha value is -3.49. The average Bonchev–Trinajstić information content (AvgIpc) is 3.31. The molecule has 38 heavy (non-hydrogen) atoms. The van der Waals surface area contributed by atoms with E-state index >= 15 is 0 Å². The SMILES string of the molecule is C/C=C(/C[C@H](NC=O)N(C)C(=O)[C@@H](Cc1csc2ccccc12)N(C)C(=O)C(C)(C)N)c1ccccc1C. The number of thiophene rings is 1. The van der Waals surface area contributed by atoms with Gasteiger partial charge in [0.15, 0.2) is 0 Å². The molecule has 0 spiro atoms. The summed E-state index contributed by atoms with van der Waals surface area (Å²) < 4.78 is 1.12. The Balaban J connectivity index is 1.96. The fourth-order valence-electron chi connectivity index (χ4n) is 4.68. The first kappa shape index (κ1) is 29.1. The minimum atomic E-state index is -1.15. The first-order valence-electron chi connectivity index (χ1n) is 12.7. The molecule has 0 aliphatic heterocycles. The van der Waals surface area contributed by atoms with Crippen LogP contribution in [0.5, 0.6) is 0 Å². The number of amides is 3. The summed E-state index contributed by atoms with van der Waals surface area (Å²) in [7, 11) is 3.29. The van der Waals surface area contributed by atoms with Crippen LogP contribution in [0, 0.1) is 6.92 Å². The molecule has 2 atom stereocenters. The Morgan fingerprint density at radius 2 is 1.74 bits per heavy atom. The lowest BCUT2D eigenvalue weighted by Gasteiger charge is -2.37. The number of likely N-dealkylation sites (N-methyl/N-ethyl adjacent to an activating group) is 2. The van der Waals surface area contributed by atoms with Crippen LogP contribution in [0.4, 0.5) is 0 Å². The molecule has 0 saturated carbocycles. The van der Waals surface area contributed by atoms with Gasteiger partial charge in [-0.15, -0.1) is 11.3 Å². The van der Waals surface area contributed by atoms with Gasteiger partial charge in [-0.2, -0.15) is 0 Å². The molecule has 3 rings (SSSR count). The van der Waals surface area contributed by atoms with E-state index in [0.29, 0.717) is 19.3 Å². The predicted octanol–water partition coefficient (Wildman–Crippen LogP) is 4.34.